The molecule has 4 aromatic heterocycles. The number of fused-ring (bicyclic) bond motifs is 12. The van der Waals surface area contributed by atoms with E-state index in [4.69, 9.17) is 6.57 Å². The van der Waals surface area contributed by atoms with E-state index in [0.717, 1.165) is 111 Å². The number of rotatable bonds is 6. The van der Waals surface area contributed by atoms with Gasteiger partial charge in [0.05, 0.1) is 73.7 Å². The zero-order chi connectivity index (χ0) is 49.0. The summed E-state index contributed by atoms with van der Waals surface area (Å²) in [6, 6.07) is 88.6. The topological polar surface area (TPSA) is 47.9 Å². The molecule has 0 amide bonds. The first-order valence-electron chi connectivity index (χ1n) is 24.9. The van der Waals surface area contributed by atoms with Gasteiger partial charge in [-0.3, -0.25) is 0 Å². The molecule has 15 rings (SSSR count). The van der Waals surface area contributed by atoms with E-state index in [9.17, 15) is 5.26 Å². The Hall–Kier alpha value is -10.4. The van der Waals surface area contributed by atoms with Crippen molar-refractivity contribution in [2.24, 2.45) is 0 Å². The second-order valence-electron chi connectivity index (χ2n) is 19.0. The van der Waals surface area contributed by atoms with Crippen LogP contribution in [0, 0.1) is 17.9 Å². The fourth-order valence-electron chi connectivity index (χ4n) is 12.1. The minimum absolute atomic E-state index is 0.304. The standard InChI is InChI=1S/C68H40N6/c1-70-56-41-66(74-60-31-15-11-25-53(60)68-49(27-17-33-64(68)74)44-35-37-62-55(39-44)51-23-9-13-29-58(51)72(62)47-20-6-3-7-21-47)65(40-45(56)42-69)73-59-30-14-10-24-52(59)67-48(26-16-32-63(67)73)43-34-36-61-54(38-43)50-22-8-12-28-57(50)71(61)46-18-4-2-5-19-46/h2-41H. The fraction of sp³-hybridized carbons (Fsp3) is 0. The summed E-state index contributed by atoms with van der Waals surface area (Å²) in [7, 11) is 0. The van der Waals surface area contributed by atoms with Crippen LogP contribution < -0.4 is 0 Å². The third kappa shape index (κ3) is 5.91. The monoisotopic (exact) mass is 940 g/mol. The molecule has 0 aliphatic carbocycles. The van der Waals surface area contributed by atoms with Crippen LogP contribution in [0.15, 0.2) is 243 Å². The maximum Gasteiger partial charge on any atom is 0.206 e. The summed E-state index contributed by atoms with van der Waals surface area (Å²) in [6.45, 7) is 8.41. The Morgan fingerprint density at radius 3 is 1.15 bits per heavy atom. The van der Waals surface area contributed by atoms with Gasteiger partial charge in [0.25, 0.3) is 0 Å². The zero-order valence-corrected chi connectivity index (χ0v) is 39.8. The predicted octanol–water partition coefficient (Wildman–Crippen LogP) is 17.8. The van der Waals surface area contributed by atoms with Crippen molar-refractivity contribution in [3.05, 3.63) is 260 Å². The first-order chi connectivity index (χ1) is 36.7. The smallest absolute Gasteiger partial charge is 0.206 e. The quantitative estimate of drug-likeness (QED) is 0.153. The van der Waals surface area contributed by atoms with Gasteiger partial charge in [-0.1, -0.05) is 146 Å². The maximum atomic E-state index is 10.7. The summed E-state index contributed by atoms with van der Waals surface area (Å²) >= 11 is 0. The molecule has 342 valence electrons. The van der Waals surface area contributed by atoms with Crippen LogP contribution in [0.5, 0.6) is 0 Å². The van der Waals surface area contributed by atoms with Crippen molar-refractivity contribution in [3.8, 4) is 51.1 Å². The third-order valence-electron chi connectivity index (χ3n) is 15.2. The molecule has 0 unspecified atom stereocenters. The molecule has 4 heterocycles. The summed E-state index contributed by atoms with van der Waals surface area (Å²) in [4.78, 5) is 3.98. The van der Waals surface area contributed by atoms with Crippen LogP contribution in [0.2, 0.25) is 0 Å². The van der Waals surface area contributed by atoms with Gasteiger partial charge in [0.1, 0.15) is 0 Å². The third-order valence-corrected chi connectivity index (χ3v) is 15.2. The lowest BCUT2D eigenvalue weighted by Gasteiger charge is -2.18. The van der Waals surface area contributed by atoms with E-state index >= 15 is 0 Å². The van der Waals surface area contributed by atoms with E-state index in [1.54, 1.807) is 0 Å². The molecule has 15 aromatic rings. The van der Waals surface area contributed by atoms with E-state index in [-0.39, 0.29) is 0 Å². The van der Waals surface area contributed by atoms with E-state index in [1.807, 2.05) is 12.1 Å². The summed E-state index contributed by atoms with van der Waals surface area (Å²) in [5.74, 6) is 0. The normalized spacial score (nSPS) is 11.8. The number of aromatic nitrogens is 4. The molecule has 0 aliphatic rings. The lowest BCUT2D eigenvalue weighted by Crippen LogP contribution is -2.04. The van der Waals surface area contributed by atoms with E-state index in [1.165, 1.54) is 21.5 Å². The van der Waals surface area contributed by atoms with Gasteiger partial charge in [0.15, 0.2) is 0 Å². The Bertz CT molecular complexity index is 4600. The van der Waals surface area contributed by atoms with Gasteiger partial charge in [0.2, 0.25) is 5.69 Å². The molecule has 0 bridgehead atoms. The van der Waals surface area contributed by atoms with Crippen molar-refractivity contribution in [1.82, 2.24) is 18.3 Å². The van der Waals surface area contributed by atoms with Crippen LogP contribution in [0.25, 0.3) is 137 Å². The van der Waals surface area contributed by atoms with Gasteiger partial charge in [-0.25, -0.2) is 4.85 Å². The second-order valence-corrected chi connectivity index (χ2v) is 19.0. The van der Waals surface area contributed by atoms with Gasteiger partial charge in [-0.2, -0.15) is 5.26 Å². The van der Waals surface area contributed by atoms with Crippen molar-refractivity contribution < 1.29 is 0 Å². The van der Waals surface area contributed by atoms with Crippen LogP contribution in [0.3, 0.4) is 0 Å². The first-order valence-corrected chi connectivity index (χ1v) is 24.9. The van der Waals surface area contributed by atoms with Crippen molar-refractivity contribution in [2.45, 2.75) is 0 Å². The zero-order valence-electron chi connectivity index (χ0n) is 39.8. The first kappa shape index (κ1) is 41.4. The fourth-order valence-corrected chi connectivity index (χ4v) is 12.1. The van der Waals surface area contributed by atoms with Gasteiger partial charge in [0, 0.05) is 54.5 Å². The SMILES string of the molecule is [C-]#[N+]c1cc(-n2c3ccccc3c3c(-c4ccc5c(c4)c4ccccc4n5-c4ccccc4)cccc32)c(-n2c3ccccc3c3c(-c4ccc5c(c4)c4ccccc4n5-c4ccccc4)cccc32)cc1C#N. The van der Waals surface area contributed by atoms with Gasteiger partial charge < -0.3 is 18.3 Å². The Balaban J connectivity index is 0.972. The van der Waals surface area contributed by atoms with Gasteiger partial charge >= 0.3 is 0 Å². The van der Waals surface area contributed by atoms with E-state index < -0.39 is 0 Å². The molecular formula is C68H40N6. The highest BCUT2D eigenvalue weighted by Gasteiger charge is 2.25. The lowest BCUT2D eigenvalue weighted by atomic mass is 9.98. The molecule has 6 nitrogen and oxygen atoms in total. The minimum atomic E-state index is 0.304. The molecule has 0 saturated carbocycles. The Kier molecular flexibility index (Phi) is 8.99. The number of hydrogen-bond acceptors (Lipinski definition) is 1. The molecule has 0 saturated heterocycles. The van der Waals surface area contributed by atoms with Crippen LogP contribution in [-0.2, 0) is 0 Å². The number of nitriles is 1. The molecule has 74 heavy (non-hydrogen) atoms. The minimum Gasteiger partial charge on any atom is -0.309 e. The maximum absolute atomic E-state index is 10.7. The number of hydrogen-bond donors (Lipinski definition) is 0. The highest BCUT2D eigenvalue weighted by molar-refractivity contribution is 6.20. The highest BCUT2D eigenvalue weighted by Crippen LogP contribution is 2.46. The highest BCUT2D eigenvalue weighted by atomic mass is 15.1. The number of para-hydroxylation sites is 6. The molecule has 0 spiro atoms. The van der Waals surface area contributed by atoms with Gasteiger partial charge in [-0.05, 0) is 119 Å². The van der Waals surface area contributed by atoms with Crippen molar-refractivity contribution in [2.75, 3.05) is 0 Å². The van der Waals surface area contributed by atoms with E-state index in [2.05, 4.69) is 260 Å². The largest absolute Gasteiger partial charge is 0.309 e. The number of benzene rings is 11. The molecule has 11 aromatic carbocycles. The average Bonchev–Trinajstić information content (AvgIpc) is 4.20. The molecule has 0 radical (unpaired) electrons. The molecule has 0 fully saturated rings. The van der Waals surface area contributed by atoms with E-state index in [0.29, 0.717) is 11.3 Å². The Morgan fingerprint density at radius 2 is 0.703 bits per heavy atom. The summed E-state index contributed by atoms with van der Waals surface area (Å²) in [5, 5.41) is 19.9. The van der Waals surface area contributed by atoms with Crippen molar-refractivity contribution >= 4 is 92.9 Å². The molecule has 0 aliphatic heterocycles. The Labute approximate surface area is 425 Å². The molecule has 0 atom stereocenters. The predicted molar refractivity (Wildman–Crippen MR) is 306 cm³/mol. The molecular weight excluding hydrogens is 901 g/mol. The van der Waals surface area contributed by atoms with Crippen molar-refractivity contribution in [3.63, 3.8) is 0 Å². The van der Waals surface area contributed by atoms with Gasteiger partial charge in [-0.15, -0.1) is 0 Å². The van der Waals surface area contributed by atoms with Crippen LogP contribution in [0.4, 0.5) is 5.69 Å². The van der Waals surface area contributed by atoms with Crippen LogP contribution in [0.1, 0.15) is 5.56 Å². The molecule has 6 heteroatoms. The average molecular weight is 941 g/mol. The summed E-state index contributed by atoms with van der Waals surface area (Å²) in [5.41, 5.74) is 17.6. The van der Waals surface area contributed by atoms with Crippen molar-refractivity contribution in [1.29, 1.82) is 5.26 Å². The summed E-state index contributed by atoms with van der Waals surface area (Å²) in [6.07, 6.45) is 0. The van der Waals surface area contributed by atoms with Crippen LogP contribution >= 0.6 is 0 Å². The second kappa shape index (κ2) is 16.1. The molecule has 0 N–H and O–H groups in total. The Morgan fingerprint density at radius 1 is 0.324 bits per heavy atom. The van der Waals surface area contributed by atoms with Crippen LogP contribution in [-0.4, -0.2) is 18.3 Å². The number of nitrogens with zero attached hydrogens (tertiary/aromatic N) is 6. The summed E-state index contributed by atoms with van der Waals surface area (Å²) < 4.78 is 9.31. The lowest BCUT2D eigenvalue weighted by molar-refractivity contribution is 1.09.